The zero-order chi connectivity index (χ0) is 35.6. The van der Waals surface area contributed by atoms with E-state index in [-0.39, 0.29) is 13.2 Å². The first-order valence-electron chi connectivity index (χ1n) is 13.3. The standard InChI is InChI=1S/C13H18O9.C12H18O7S2.CH4S2/c1-6(14)19-10-5-18-13(22-9(4)17)12(21-8(3)16)11(10)20-7(2)15;1-6(13)17-9-4-16-12(21-5-20)11(19-8(3)15)10(9)18-7(2)14;2-1-3/h10-13H,5H2,1-4H3;9-12,20H,4-5H2,1-3H3;2-3H,1H2/t10-,11?,12-,13?;9-,10?,11-,12?;/m00./s1. The van der Waals surface area contributed by atoms with Crippen LogP contribution in [-0.2, 0) is 76.2 Å². The normalized spacial score (nSPS) is 26.6. The van der Waals surface area contributed by atoms with E-state index in [1.807, 2.05) is 0 Å². The summed E-state index contributed by atoms with van der Waals surface area (Å²) in [6.07, 6.45) is -7.27. The zero-order valence-corrected chi connectivity index (χ0v) is 29.7. The summed E-state index contributed by atoms with van der Waals surface area (Å²) < 4.78 is 46.2. The van der Waals surface area contributed by atoms with Crippen LogP contribution in [0.15, 0.2) is 0 Å². The Hall–Kier alpha value is -2.39. The Labute approximate surface area is 287 Å². The van der Waals surface area contributed by atoms with Gasteiger partial charge in [0.2, 0.25) is 12.4 Å². The summed E-state index contributed by atoms with van der Waals surface area (Å²) in [5, 5.41) is 1.06. The number of rotatable bonds is 9. The van der Waals surface area contributed by atoms with Gasteiger partial charge in [-0.05, 0) is 0 Å². The van der Waals surface area contributed by atoms with Crippen molar-refractivity contribution < 1.29 is 76.2 Å². The molecule has 0 bridgehead atoms. The first kappa shape index (κ1) is 43.6. The predicted octanol–water partition coefficient (Wildman–Crippen LogP) is 1.26. The number of ether oxygens (including phenoxy) is 9. The van der Waals surface area contributed by atoms with Crippen molar-refractivity contribution in [2.75, 3.05) is 23.4 Å². The van der Waals surface area contributed by atoms with Crippen molar-refractivity contribution in [3.8, 4) is 0 Å². The maximum absolute atomic E-state index is 11.3. The fraction of sp³-hybridized carbons (Fsp3) is 0.731. The molecule has 8 atom stereocenters. The Morgan fingerprint density at radius 2 is 0.848 bits per heavy atom. The molecular weight excluding hydrogens is 697 g/mol. The van der Waals surface area contributed by atoms with E-state index in [0.29, 0.717) is 10.2 Å². The lowest BCUT2D eigenvalue weighted by atomic mass is 10.0. The van der Waals surface area contributed by atoms with Crippen molar-refractivity contribution >= 4 is 91.4 Å². The Kier molecular flexibility index (Phi) is 21.8. The molecule has 0 radical (unpaired) electrons. The lowest BCUT2D eigenvalue weighted by Crippen LogP contribution is -2.58. The molecule has 264 valence electrons. The molecule has 2 aliphatic rings. The summed E-state index contributed by atoms with van der Waals surface area (Å²) in [7, 11) is 0. The highest BCUT2D eigenvalue weighted by atomic mass is 32.2. The number of hydrogen-bond donors (Lipinski definition) is 3. The minimum absolute atomic E-state index is 0.0424. The van der Waals surface area contributed by atoms with Gasteiger partial charge in [-0.1, -0.05) is 0 Å². The molecule has 0 N–H and O–H groups in total. The van der Waals surface area contributed by atoms with Crippen molar-refractivity contribution in [2.45, 2.75) is 96.8 Å². The minimum atomic E-state index is -1.27. The average Bonchev–Trinajstić information content (AvgIpc) is 2.90. The number of thioether (sulfide) groups is 1. The molecule has 0 saturated carbocycles. The SMILES string of the molecule is CC(=O)OC1OC[C@H](OC(C)=O)C(OC(C)=O)[C@@H]1OC(C)=O.CC(=O)OC1[C@H](OC(C)=O)C(SCS)OC[C@@H]1OC(C)=O.SCS. The second kappa shape index (κ2) is 23.0. The molecular formula is C26H40O16S4. The maximum Gasteiger partial charge on any atom is 0.305 e. The molecule has 0 aromatic heterocycles. The molecule has 2 rings (SSSR count). The molecule has 0 aromatic carbocycles. The second-order valence-electron chi connectivity index (χ2n) is 9.04. The van der Waals surface area contributed by atoms with Gasteiger partial charge in [0.05, 0.1) is 13.2 Å². The van der Waals surface area contributed by atoms with Crippen molar-refractivity contribution in [2.24, 2.45) is 0 Å². The molecule has 46 heavy (non-hydrogen) atoms. The van der Waals surface area contributed by atoms with Crippen LogP contribution < -0.4 is 0 Å². The molecule has 20 heteroatoms. The molecule has 0 aliphatic carbocycles. The molecule has 2 fully saturated rings. The van der Waals surface area contributed by atoms with Crippen LogP contribution in [0.4, 0.5) is 0 Å². The number of thiol groups is 3. The van der Waals surface area contributed by atoms with E-state index in [0.717, 1.165) is 20.8 Å². The monoisotopic (exact) mass is 736 g/mol. The minimum Gasteiger partial charge on any atom is -0.456 e. The van der Waals surface area contributed by atoms with Crippen LogP contribution in [0.3, 0.4) is 0 Å². The quantitative estimate of drug-likeness (QED) is 0.132. The first-order chi connectivity index (χ1) is 21.5. The number of carbonyl (C=O) groups excluding carboxylic acids is 7. The zero-order valence-electron chi connectivity index (χ0n) is 26.2. The highest BCUT2D eigenvalue weighted by molar-refractivity contribution is 8.09. The molecule has 0 spiro atoms. The van der Waals surface area contributed by atoms with Gasteiger partial charge in [0.1, 0.15) is 5.44 Å². The smallest absolute Gasteiger partial charge is 0.305 e. The number of carbonyl (C=O) groups is 7. The first-order valence-corrected chi connectivity index (χ1v) is 16.3. The molecule has 2 aliphatic heterocycles. The average molecular weight is 737 g/mol. The van der Waals surface area contributed by atoms with Crippen LogP contribution in [0.2, 0.25) is 0 Å². The van der Waals surface area contributed by atoms with Gasteiger partial charge in [-0.15, -0.1) is 11.8 Å². The van der Waals surface area contributed by atoms with Gasteiger partial charge in [0.25, 0.3) is 0 Å². The Bertz CT molecular complexity index is 1000. The van der Waals surface area contributed by atoms with Crippen molar-refractivity contribution in [3.63, 3.8) is 0 Å². The second-order valence-corrected chi connectivity index (χ2v) is 12.0. The topological polar surface area (TPSA) is 203 Å². The fourth-order valence-corrected chi connectivity index (χ4v) is 5.06. The Morgan fingerprint density at radius 3 is 1.22 bits per heavy atom. The number of esters is 7. The molecule has 0 aromatic rings. The third kappa shape index (κ3) is 17.5. The molecule has 0 amide bonds. The fourth-order valence-electron chi connectivity index (χ4n) is 3.90. The van der Waals surface area contributed by atoms with Gasteiger partial charge in [0, 0.05) is 58.6 Å². The molecule has 16 nitrogen and oxygen atoms in total. The number of hydrogen-bond acceptors (Lipinski definition) is 20. The largest absolute Gasteiger partial charge is 0.456 e. The van der Waals surface area contributed by atoms with E-state index in [1.54, 1.807) is 0 Å². The van der Waals surface area contributed by atoms with Gasteiger partial charge < -0.3 is 42.6 Å². The molecule has 2 heterocycles. The Morgan fingerprint density at radius 1 is 0.522 bits per heavy atom. The van der Waals surface area contributed by atoms with Gasteiger partial charge >= 0.3 is 41.8 Å². The van der Waals surface area contributed by atoms with Gasteiger partial charge in [0.15, 0.2) is 30.5 Å². The Balaban J connectivity index is 0.000000811. The summed E-state index contributed by atoms with van der Waals surface area (Å²) in [5.74, 6) is -4.33. The van der Waals surface area contributed by atoms with Crippen LogP contribution in [0, 0.1) is 0 Å². The van der Waals surface area contributed by atoms with Gasteiger partial charge in [-0.2, -0.15) is 37.9 Å². The van der Waals surface area contributed by atoms with E-state index in [1.165, 1.54) is 39.5 Å². The van der Waals surface area contributed by atoms with E-state index in [2.05, 4.69) is 37.9 Å². The highest BCUT2D eigenvalue weighted by Gasteiger charge is 2.49. The van der Waals surface area contributed by atoms with Crippen molar-refractivity contribution in [1.29, 1.82) is 0 Å². The van der Waals surface area contributed by atoms with Crippen LogP contribution in [0.25, 0.3) is 0 Å². The van der Waals surface area contributed by atoms with Crippen molar-refractivity contribution in [1.82, 2.24) is 0 Å². The van der Waals surface area contributed by atoms with Crippen LogP contribution in [0.1, 0.15) is 48.5 Å². The maximum atomic E-state index is 11.3. The summed E-state index contributed by atoms with van der Waals surface area (Å²) in [5.41, 5.74) is -0.553. The third-order valence-electron chi connectivity index (χ3n) is 5.13. The van der Waals surface area contributed by atoms with Crippen LogP contribution >= 0.6 is 49.6 Å². The third-order valence-corrected chi connectivity index (χ3v) is 6.46. The lowest BCUT2D eigenvalue weighted by Gasteiger charge is -2.40. The summed E-state index contributed by atoms with van der Waals surface area (Å²) in [6, 6.07) is 0. The molecule has 4 unspecified atom stereocenters. The molecule has 2 saturated heterocycles. The predicted molar refractivity (Wildman–Crippen MR) is 169 cm³/mol. The summed E-state index contributed by atoms with van der Waals surface area (Å²) in [4.78, 5) is 78.4. The summed E-state index contributed by atoms with van der Waals surface area (Å²) >= 11 is 12.7. The van der Waals surface area contributed by atoms with Crippen molar-refractivity contribution in [3.05, 3.63) is 0 Å². The van der Waals surface area contributed by atoms with E-state index in [4.69, 9.17) is 42.6 Å². The van der Waals surface area contributed by atoms with E-state index >= 15 is 0 Å². The lowest BCUT2D eigenvalue weighted by molar-refractivity contribution is -0.273. The van der Waals surface area contributed by atoms with Crippen LogP contribution in [0.5, 0.6) is 0 Å². The summed E-state index contributed by atoms with van der Waals surface area (Å²) in [6.45, 7) is 8.15. The van der Waals surface area contributed by atoms with Gasteiger partial charge in [-0.3, -0.25) is 33.6 Å². The van der Waals surface area contributed by atoms with Gasteiger partial charge in [-0.25, -0.2) is 0 Å². The van der Waals surface area contributed by atoms with E-state index in [9.17, 15) is 33.6 Å². The highest BCUT2D eigenvalue weighted by Crippen LogP contribution is 2.31. The van der Waals surface area contributed by atoms with Crippen LogP contribution in [-0.4, -0.2) is 114 Å². The van der Waals surface area contributed by atoms with E-state index < -0.39 is 90.1 Å².